The fourth-order valence-electron chi connectivity index (χ4n) is 9.01. The zero-order valence-corrected chi connectivity index (χ0v) is 35.8. The lowest BCUT2D eigenvalue weighted by Crippen LogP contribution is -2.09. The maximum absolute atomic E-state index is 6.71. The SMILES string of the molecule is c1ccc(-c2ccc(-c3nc(-c4ccccc4)nc(-c4cc5c6ccccc6oc5c5cc(-c6ccc(N(c7ccccc7)c7ccc(-c8ccccc8)cc7)cc6)ccc45)n3)cc2)cc1. The number of rotatable bonds is 9. The number of furan rings is 1. The van der Waals surface area contributed by atoms with E-state index in [1.807, 2.05) is 48.5 Å². The van der Waals surface area contributed by atoms with Crippen LogP contribution < -0.4 is 4.90 Å². The summed E-state index contributed by atoms with van der Waals surface area (Å²) in [5.74, 6) is 1.82. The molecule has 0 bridgehead atoms. The van der Waals surface area contributed by atoms with Gasteiger partial charge in [0.2, 0.25) is 0 Å². The topological polar surface area (TPSA) is 55.1 Å². The minimum Gasteiger partial charge on any atom is -0.455 e. The molecule has 0 atom stereocenters. The number of hydrogen-bond acceptors (Lipinski definition) is 5. The molecule has 0 spiro atoms. The summed E-state index contributed by atoms with van der Waals surface area (Å²) in [6.07, 6.45) is 0. The molecule has 12 rings (SSSR count). The highest BCUT2D eigenvalue weighted by molar-refractivity contribution is 6.19. The molecule has 0 unspecified atom stereocenters. The van der Waals surface area contributed by atoms with Crippen molar-refractivity contribution in [1.82, 2.24) is 15.0 Å². The van der Waals surface area contributed by atoms with Gasteiger partial charge in [0.15, 0.2) is 17.5 Å². The monoisotopic (exact) mass is 844 g/mol. The van der Waals surface area contributed by atoms with E-state index in [9.17, 15) is 0 Å². The Morgan fingerprint density at radius 1 is 0.273 bits per heavy atom. The van der Waals surface area contributed by atoms with Crippen LogP contribution in [-0.4, -0.2) is 15.0 Å². The molecule has 0 radical (unpaired) electrons. The number of benzene rings is 10. The number of fused-ring (bicyclic) bond motifs is 5. The number of aromatic nitrogens is 3. The van der Waals surface area contributed by atoms with Crippen LogP contribution in [0.1, 0.15) is 0 Å². The predicted molar refractivity (Wildman–Crippen MR) is 272 cm³/mol. The lowest BCUT2D eigenvalue weighted by molar-refractivity contribution is 0.672. The van der Waals surface area contributed by atoms with E-state index in [-0.39, 0.29) is 0 Å². The van der Waals surface area contributed by atoms with E-state index >= 15 is 0 Å². The van der Waals surface area contributed by atoms with Crippen molar-refractivity contribution >= 4 is 49.8 Å². The molecule has 0 N–H and O–H groups in total. The molecular weight excluding hydrogens is 805 g/mol. The van der Waals surface area contributed by atoms with E-state index in [0.29, 0.717) is 17.5 Å². The van der Waals surface area contributed by atoms with Crippen molar-refractivity contribution in [2.75, 3.05) is 4.90 Å². The maximum Gasteiger partial charge on any atom is 0.164 e. The molecule has 2 heterocycles. The van der Waals surface area contributed by atoms with Gasteiger partial charge in [-0.05, 0) is 93.4 Å². The van der Waals surface area contributed by atoms with Crippen molar-refractivity contribution in [3.8, 4) is 67.5 Å². The molecule has 0 saturated carbocycles. The molecule has 12 aromatic rings. The van der Waals surface area contributed by atoms with Crippen LogP contribution in [0.3, 0.4) is 0 Å². The van der Waals surface area contributed by atoms with E-state index in [1.54, 1.807) is 0 Å². The zero-order chi connectivity index (χ0) is 43.8. The van der Waals surface area contributed by atoms with Gasteiger partial charge < -0.3 is 9.32 Å². The van der Waals surface area contributed by atoms with Gasteiger partial charge in [0.1, 0.15) is 11.2 Å². The first-order valence-electron chi connectivity index (χ1n) is 22.2. The van der Waals surface area contributed by atoms with Crippen LogP contribution in [0.4, 0.5) is 17.1 Å². The Morgan fingerprint density at radius 2 is 0.667 bits per heavy atom. The van der Waals surface area contributed by atoms with E-state index in [0.717, 1.165) is 88.7 Å². The first-order chi connectivity index (χ1) is 32.7. The first kappa shape index (κ1) is 38.7. The molecule has 0 aliphatic carbocycles. The molecule has 66 heavy (non-hydrogen) atoms. The fraction of sp³-hybridized carbons (Fsp3) is 0. The van der Waals surface area contributed by atoms with Crippen LogP contribution in [-0.2, 0) is 0 Å². The Kier molecular flexibility index (Phi) is 9.77. The number of para-hydroxylation sites is 2. The Balaban J connectivity index is 0.974. The van der Waals surface area contributed by atoms with E-state index in [1.165, 1.54) is 11.1 Å². The normalized spacial score (nSPS) is 11.3. The highest BCUT2D eigenvalue weighted by Crippen LogP contribution is 2.42. The van der Waals surface area contributed by atoms with E-state index < -0.39 is 0 Å². The molecule has 0 aliphatic rings. The van der Waals surface area contributed by atoms with Gasteiger partial charge in [-0.2, -0.15) is 0 Å². The second kappa shape index (κ2) is 16.6. The summed E-state index contributed by atoms with van der Waals surface area (Å²) in [5.41, 5.74) is 14.5. The summed E-state index contributed by atoms with van der Waals surface area (Å²) in [5, 5.41) is 4.02. The Labute approximate surface area is 382 Å². The standard InChI is InChI=1S/C61H40N4O/c1-5-15-41(16-6-1)43-25-27-47(28-26-43)60-62-59(46-19-9-3-10-20-46)63-61(64-60)56-40-55-53-23-13-14-24-57(53)66-58(55)54-39-48(33-38-52(54)56)45-31-36-51(37-32-45)65(49-21-11-4-12-22-49)50-34-29-44(30-35-50)42-17-7-2-8-18-42/h1-40H. The van der Waals surface area contributed by atoms with Gasteiger partial charge in [0, 0.05) is 49.9 Å². The summed E-state index contributed by atoms with van der Waals surface area (Å²) in [4.78, 5) is 17.8. The molecule has 5 nitrogen and oxygen atoms in total. The third kappa shape index (κ3) is 7.25. The first-order valence-corrected chi connectivity index (χ1v) is 22.2. The van der Waals surface area contributed by atoms with Gasteiger partial charge in [0.25, 0.3) is 0 Å². The quantitative estimate of drug-likeness (QED) is 0.145. The van der Waals surface area contributed by atoms with Crippen molar-refractivity contribution < 1.29 is 4.42 Å². The van der Waals surface area contributed by atoms with Gasteiger partial charge >= 0.3 is 0 Å². The molecule has 0 amide bonds. The third-order valence-corrected chi connectivity index (χ3v) is 12.3. The Morgan fingerprint density at radius 3 is 1.26 bits per heavy atom. The summed E-state index contributed by atoms with van der Waals surface area (Å²) >= 11 is 0. The average molecular weight is 845 g/mol. The maximum atomic E-state index is 6.71. The molecule has 10 aromatic carbocycles. The Bertz CT molecular complexity index is 3650. The molecule has 0 fully saturated rings. The summed E-state index contributed by atoms with van der Waals surface area (Å²) < 4.78 is 6.71. The summed E-state index contributed by atoms with van der Waals surface area (Å²) in [6.45, 7) is 0. The van der Waals surface area contributed by atoms with Crippen LogP contribution in [0, 0.1) is 0 Å². The largest absolute Gasteiger partial charge is 0.455 e. The lowest BCUT2D eigenvalue weighted by Gasteiger charge is -2.26. The highest BCUT2D eigenvalue weighted by Gasteiger charge is 2.20. The molecule has 310 valence electrons. The predicted octanol–water partition coefficient (Wildman–Crippen LogP) is 16.4. The van der Waals surface area contributed by atoms with Crippen LogP contribution >= 0.6 is 0 Å². The highest BCUT2D eigenvalue weighted by atomic mass is 16.3. The van der Waals surface area contributed by atoms with Crippen molar-refractivity contribution in [2.24, 2.45) is 0 Å². The number of anilines is 3. The molecule has 0 aliphatic heterocycles. The second-order valence-corrected chi connectivity index (χ2v) is 16.4. The second-order valence-electron chi connectivity index (χ2n) is 16.4. The lowest BCUT2D eigenvalue weighted by atomic mass is 9.95. The van der Waals surface area contributed by atoms with Crippen molar-refractivity contribution in [1.29, 1.82) is 0 Å². The average Bonchev–Trinajstić information content (AvgIpc) is 3.79. The van der Waals surface area contributed by atoms with Crippen LogP contribution in [0.5, 0.6) is 0 Å². The third-order valence-electron chi connectivity index (χ3n) is 12.3. The van der Waals surface area contributed by atoms with Crippen LogP contribution in [0.25, 0.3) is 100 Å². The molecule has 0 saturated heterocycles. The van der Waals surface area contributed by atoms with Crippen LogP contribution in [0.2, 0.25) is 0 Å². The van der Waals surface area contributed by atoms with Gasteiger partial charge in [-0.3, -0.25) is 0 Å². The smallest absolute Gasteiger partial charge is 0.164 e. The minimum atomic E-state index is 0.595. The summed E-state index contributed by atoms with van der Waals surface area (Å²) in [7, 11) is 0. The zero-order valence-electron chi connectivity index (χ0n) is 35.8. The van der Waals surface area contributed by atoms with Crippen LogP contribution in [0.15, 0.2) is 247 Å². The number of hydrogen-bond donors (Lipinski definition) is 0. The molecule has 5 heteroatoms. The van der Waals surface area contributed by atoms with Gasteiger partial charge in [-0.25, -0.2) is 15.0 Å². The van der Waals surface area contributed by atoms with Crippen molar-refractivity contribution in [2.45, 2.75) is 0 Å². The summed E-state index contributed by atoms with van der Waals surface area (Å²) in [6, 6.07) is 84.7. The van der Waals surface area contributed by atoms with Gasteiger partial charge in [0.05, 0.1) is 0 Å². The molecule has 2 aromatic heterocycles. The van der Waals surface area contributed by atoms with E-state index in [2.05, 4.69) is 199 Å². The van der Waals surface area contributed by atoms with Gasteiger partial charge in [-0.15, -0.1) is 0 Å². The van der Waals surface area contributed by atoms with Gasteiger partial charge in [-0.1, -0.05) is 188 Å². The van der Waals surface area contributed by atoms with Crippen molar-refractivity contribution in [3.05, 3.63) is 243 Å². The van der Waals surface area contributed by atoms with E-state index in [4.69, 9.17) is 19.4 Å². The van der Waals surface area contributed by atoms with Crippen molar-refractivity contribution in [3.63, 3.8) is 0 Å². The Hall–Kier alpha value is -8.93. The fourth-order valence-corrected chi connectivity index (χ4v) is 9.01. The molecular formula is C61H40N4O. The number of nitrogens with zero attached hydrogens (tertiary/aromatic N) is 4. The minimum absolute atomic E-state index is 0.595.